The van der Waals surface area contributed by atoms with Crippen LogP contribution in [0.15, 0.2) is 53.1 Å². The Kier molecular flexibility index (Phi) is 5.13. The Morgan fingerprint density at radius 1 is 1.00 bits per heavy atom. The zero-order valence-corrected chi connectivity index (χ0v) is 16.8. The van der Waals surface area contributed by atoms with E-state index in [0.29, 0.717) is 55.8 Å². The van der Waals surface area contributed by atoms with Crippen LogP contribution in [0.2, 0.25) is 10.0 Å². The molecule has 4 rings (SSSR count). The molecule has 1 aromatic carbocycles. The van der Waals surface area contributed by atoms with E-state index in [-0.39, 0.29) is 11.8 Å². The van der Waals surface area contributed by atoms with E-state index < -0.39 is 0 Å². The SMILES string of the molecule is CCC(=O)Nc1cc(-c2c(C(=O)Nc3ccc(Cl)c(Cl)c3)c3ccc2o3)ccn1. The highest BCUT2D eigenvalue weighted by Crippen LogP contribution is 2.38. The maximum absolute atomic E-state index is 13.0. The van der Waals surface area contributed by atoms with E-state index in [1.807, 2.05) is 0 Å². The minimum Gasteiger partial charge on any atom is -0.456 e. The first-order valence-electron chi connectivity index (χ1n) is 8.84. The summed E-state index contributed by atoms with van der Waals surface area (Å²) in [5.41, 5.74) is 3.28. The van der Waals surface area contributed by atoms with Crippen molar-refractivity contribution in [1.82, 2.24) is 4.98 Å². The highest BCUT2D eigenvalue weighted by molar-refractivity contribution is 6.42. The summed E-state index contributed by atoms with van der Waals surface area (Å²) in [5.74, 6) is -0.0838. The van der Waals surface area contributed by atoms with Crippen LogP contribution in [0.5, 0.6) is 0 Å². The third-order valence-electron chi connectivity index (χ3n) is 4.39. The lowest BCUT2D eigenvalue weighted by molar-refractivity contribution is -0.115. The summed E-state index contributed by atoms with van der Waals surface area (Å²) in [4.78, 5) is 28.9. The van der Waals surface area contributed by atoms with Gasteiger partial charge in [0.15, 0.2) is 0 Å². The minimum atomic E-state index is -0.344. The summed E-state index contributed by atoms with van der Waals surface area (Å²) in [6, 6.07) is 11.9. The Hall–Kier alpha value is -3.09. The van der Waals surface area contributed by atoms with Crippen molar-refractivity contribution >= 4 is 57.7 Å². The summed E-state index contributed by atoms with van der Waals surface area (Å²) in [5, 5.41) is 6.28. The first-order valence-corrected chi connectivity index (χ1v) is 9.59. The number of hydrogen-bond donors (Lipinski definition) is 2. The third-order valence-corrected chi connectivity index (χ3v) is 5.13. The second kappa shape index (κ2) is 7.73. The van der Waals surface area contributed by atoms with E-state index in [4.69, 9.17) is 27.6 Å². The van der Waals surface area contributed by atoms with Gasteiger partial charge in [0.2, 0.25) is 5.91 Å². The number of anilines is 2. The lowest BCUT2D eigenvalue weighted by atomic mass is 10.00. The van der Waals surface area contributed by atoms with Crippen molar-refractivity contribution in [3.63, 3.8) is 0 Å². The molecule has 0 aliphatic rings. The monoisotopic (exact) mass is 427 g/mol. The molecule has 2 bridgehead atoms. The summed E-state index contributed by atoms with van der Waals surface area (Å²) in [7, 11) is 0. The van der Waals surface area contributed by atoms with Gasteiger partial charge in [-0.25, -0.2) is 4.98 Å². The van der Waals surface area contributed by atoms with Crippen LogP contribution in [0, 0.1) is 0 Å². The summed E-state index contributed by atoms with van der Waals surface area (Å²) >= 11 is 12.0. The van der Waals surface area contributed by atoms with Crippen LogP contribution in [-0.2, 0) is 4.79 Å². The number of rotatable bonds is 5. The zero-order valence-electron chi connectivity index (χ0n) is 15.3. The average molecular weight is 428 g/mol. The van der Waals surface area contributed by atoms with E-state index in [1.165, 1.54) is 0 Å². The Morgan fingerprint density at radius 3 is 2.55 bits per heavy atom. The second-order valence-corrected chi connectivity index (χ2v) is 7.14. The first-order chi connectivity index (χ1) is 14.0. The fourth-order valence-electron chi connectivity index (χ4n) is 3.02. The van der Waals surface area contributed by atoms with E-state index in [9.17, 15) is 9.59 Å². The van der Waals surface area contributed by atoms with Crippen LogP contribution in [0.4, 0.5) is 11.5 Å². The summed E-state index contributed by atoms with van der Waals surface area (Å²) < 4.78 is 5.73. The molecule has 8 heteroatoms. The zero-order chi connectivity index (χ0) is 20.5. The Balaban J connectivity index is 1.70. The number of fused-ring (bicyclic) bond motifs is 2. The largest absolute Gasteiger partial charge is 0.456 e. The van der Waals surface area contributed by atoms with Gasteiger partial charge in [0.25, 0.3) is 5.91 Å². The molecule has 29 heavy (non-hydrogen) atoms. The molecular formula is C21H15Cl2N3O3. The highest BCUT2D eigenvalue weighted by Gasteiger charge is 2.24. The maximum atomic E-state index is 13.0. The van der Waals surface area contributed by atoms with Crippen LogP contribution in [0.1, 0.15) is 23.7 Å². The number of carbonyl (C=O) groups is 2. The van der Waals surface area contributed by atoms with Crippen LogP contribution >= 0.6 is 23.2 Å². The summed E-state index contributed by atoms with van der Waals surface area (Å²) in [6.45, 7) is 1.76. The summed E-state index contributed by atoms with van der Waals surface area (Å²) in [6.07, 6.45) is 1.91. The van der Waals surface area contributed by atoms with E-state index in [2.05, 4.69) is 15.6 Å². The van der Waals surface area contributed by atoms with E-state index in [1.54, 1.807) is 55.6 Å². The van der Waals surface area contributed by atoms with Gasteiger partial charge in [-0.15, -0.1) is 0 Å². The van der Waals surface area contributed by atoms with Gasteiger partial charge in [-0.3, -0.25) is 9.59 Å². The molecule has 2 N–H and O–H groups in total. The molecule has 3 aromatic heterocycles. The van der Waals surface area contributed by atoms with Crippen molar-refractivity contribution in [2.24, 2.45) is 0 Å². The second-order valence-electron chi connectivity index (χ2n) is 6.33. The number of hydrogen-bond acceptors (Lipinski definition) is 4. The van der Waals surface area contributed by atoms with Crippen LogP contribution in [0.25, 0.3) is 22.3 Å². The molecule has 0 aliphatic heterocycles. The molecule has 6 nitrogen and oxygen atoms in total. The number of amides is 2. The smallest absolute Gasteiger partial charge is 0.260 e. The Labute approximate surface area is 176 Å². The van der Waals surface area contributed by atoms with Gasteiger partial charge in [-0.1, -0.05) is 30.1 Å². The molecule has 0 saturated heterocycles. The van der Waals surface area contributed by atoms with Gasteiger partial charge < -0.3 is 15.1 Å². The van der Waals surface area contributed by atoms with Gasteiger partial charge in [-0.05, 0) is 48.0 Å². The number of pyridine rings is 1. The van der Waals surface area contributed by atoms with Gasteiger partial charge >= 0.3 is 0 Å². The maximum Gasteiger partial charge on any atom is 0.260 e. The highest BCUT2D eigenvalue weighted by atomic mass is 35.5. The van der Waals surface area contributed by atoms with Crippen LogP contribution in [-0.4, -0.2) is 16.8 Å². The Morgan fingerprint density at radius 2 is 1.79 bits per heavy atom. The number of furan rings is 2. The number of benzene rings is 2. The van der Waals surface area contributed by atoms with Gasteiger partial charge in [0, 0.05) is 23.9 Å². The molecule has 146 valence electrons. The van der Waals surface area contributed by atoms with Crippen molar-refractivity contribution in [3.05, 3.63) is 64.3 Å². The van der Waals surface area contributed by atoms with Crippen LogP contribution < -0.4 is 10.6 Å². The lowest BCUT2D eigenvalue weighted by Crippen LogP contribution is -2.13. The Bertz CT molecular complexity index is 1220. The van der Waals surface area contributed by atoms with E-state index >= 15 is 0 Å². The fraction of sp³-hybridized carbons (Fsp3) is 0.0952. The predicted octanol–water partition coefficient (Wildman–Crippen LogP) is 5.84. The topological polar surface area (TPSA) is 84.2 Å². The molecule has 0 saturated carbocycles. The van der Waals surface area contributed by atoms with E-state index in [0.717, 1.165) is 0 Å². The lowest BCUT2D eigenvalue weighted by Gasteiger charge is -2.09. The molecule has 0 atom stereocenters. The molecule has 0 fully saturated rings. The minimum absolute atomic E-state index is 0.146. The number of nitrogens with zero attached hydrogens (tertiary/aromatic N) is 1. The molecule has 4 aromatic rings. The standard InChI is InChI=1S/C21H15Cl2N3O3/c1-2-18(27)26-17-9-11(7-8-24-17)19-15-5-6-16(29-15)20(19)21(28)25-12-3-4-13(22)14(23)10-12/h3-10H,2H2,1H3,(H,25,28)(H,24,26,27). The molecule has 2 amide bonds. The van der Waals surface area contributed by atoms with Crippen molar-refractivity contribution in [2.75, 3.05) is 10.6 Å². The number of aromatic nitrogens is 1. The van der Waals surface area contributed by atoms with Crippen LogP contribution in [0.3, 0.4) is 0 Å². The normalized spacial score (nSPS) is 11.0. The molecule has 0 unspecified atom stereocenters. The molecular weight excluding hydrogens is 413 g/mol. The molecule has 0 aliphatic carbocycles. The van der Waals surface area contributed by atoms with Crippen molar-refractivity contribution < 1.29 is 14.0 Å². The third kappa shape index (κ3) is 3.77. The van der Waals surface area contributed by atoms with Gasteiger partial charge in [0.05, 0.1) is 15.6 Å². The number of nitrogens with one attached hydrogen (secondary N) is 2. The van der Waals surface area contributed by atoms with Crippen molar-refractivity contribution in [1.29, 1.82) is 0 Å². The van der Waals surface area contributed by atoms with Crippen molar-refractivity contribution in [3.8, 4) is 11.1 Å². The number of carbonyl (C=O) groups excluding carboxylic acids is 2. The fourth-order valence-corrected chi connectivity index (χ4v) is 3.32. The predicted molar refractivity (Wildman–Crippen MR) is 114 cm³/mol. The molecule has 0 radical (unpaired) electrons. The first kappa shape index (κ1) is 19.2. The quantitative estimate of drug-likeness (QED) is 0.418. The van der Waals surface area contributed by atoms with Crippen molar-refractivity contribution in [2.45, 2.75) is 13.3 Å². The van der Waals surface area contributed by atoms with Gasteiger partial charge in [-0.2, -0.15) is 0 Å². The molecule has 0 spiro atoms. The number of halogens is 2. The van der Waals surface area contributed by atoms with Gasteiger partial charge in [0.1, 0.15) is 17.0 Å². The average Bonchev–Trinajstić information content (AvgIpc) is 3.32. The molecule has 3 heterocycles.